The standard InChI is InChI=1S/C43H74O2/c1-23(2)18-30-16-15-17-31(19-30)33-20-32(24(3)4)34-21-41(12)22-42(13)37(26(7)8)28(10)35(25(5)6)40(45)43(42,14)29(11)38(41)39(44)36(34)27(33)9/h23-24,26-39,44H,5,15-22H2,1-4,6-14H3. The molecular formula is C43H74O2. The maximum Gasteiger partial charge on any atom is 0.146 e. The molecule has 16 atom stereocenters. The highest BCUT2D eigenvalue weighted by atomic mass is 16.3. The minimum Gasteiger partial charge on any atom is -0.392 e. The van der Waals surface area contributed by atoms with Crippen LogP contribution in [0.5, 0.6) is 0 Å². The molecule has 0 saturated heterocycles. The topological polar surface area (TPSA) is 37.3 Å². The van der Waals surface area contributed by atoms with E-state index in [0.717, 1.165) is 35.7 Å². The van der Waals surface area contributed by atoms with Crippen molar-refractivity contribution >= 4 is 5.78 Å². The number of Topliss-reactive ketones (excluding diaryl/α,β-unsaturated/α-hetero) is 1. The number of aliphatic hydroxyl groups is 1. The summed E-state index contributed by atoms with van der Waals surface area (Å²) in [5.74, 6) is 7.95. The van der Waals surface area contributed by atoms with Crippen LogP contribution >= 0.6 is 0 Å². The minimum absolute atomic E-state index is 0.0460. The fourth-order valence-corrected chi connectivity index (χ4v) is 15.2. The number of carbonyl (C=O) groups is 1. The van der Waals surface area contributed by atoms with Crippen molar-refractivity contribution in [3.8, 4) is 0 Å². The van der Waals surface area contributed by atoms with Gasteiger partial charge in [-0.3, -0.25) is 4.79 Å². The van der Waals surface area contributed by atoms with Gasteiger partial charge in [-0.05, 0) is 133 Å². The first kappa shape index (κ1) is 35.7. The molecule has 5 fully saturated rings. The molecule has 0 bridgehead atoms. The lowest BCUT2D eigenvalue weighted by Gasteiger charge is -2.72. The van der Waals surface area contributed by atoms with Crippen LogP contribution in [0.15, 0.2) is 12.2 Å². The van der Waals surface area contributed by atoms with E-state index in [1.165, 1.54) is 44.9 Å². The summed E-state index contributed by atoms with van der Waals surface area (Å²) in [7, 11) is 0. The van der Waals surface area contributed by atoms with Gasteiger partial charge in [0.1, 0.15) is 5.78 Å². The summed E-state index contributed by atoms with van der Waals surface area (Å²) in [4.78, 5) is 14.9. The summed E-state index contributed by atoms with van der Waals surface area (Å²) in [6.07, 6.45) is 10.3. The third-order valence-corrected chi connectivity index (χ3v) is 16.5. The third kappa shape index (κ3) is 5.39. The summed E-state index contributed by atoms with van der Waals surface area (Å²) in [5, 5.41) is 12.9. The Hall–Kier alpha value is -0.630. The van der Waals surface area contributed by atoms with Crippen LogP contribution in [-0.2, 0) is 4.79 Å². The Kier molecular flexibility index (Phi) is 9.80. The summed E-state index contributed by atoms with van der Waals surface area (Å²) < 4.78 is 0. The van der Waals surface area contributed by atoms with Gasteiger partial charge in [0.05, 0.1) is 6.10 Å². The molecule has 5 rings (SSSR count). The Balaban J connectivity index is 1.55. The maximum absolute atomic E-state index is 14.9. The fourth-order valence-electron chi connectivity index (χ4n) is 15.2. The highest BCUT2D eigenvalue weighted by Crippen LogP contribution is 2.74. The molecule has 5 aliphatic carbocycles. The molecule has 0 aromatic rings. The van der Waals surface area contributed by atoms with E-state index in [0.29, 0.717) is 53.1 Å². The van der Waals surface area contributed by atoms with Crippen LogP contribution in [-0.4, -0.2) is 17.0 Å². The summed E-state index contributed by atoms with van der Waals surface area (Å²) in [5.41, 5.74) is 0.533. The highest BCUT2D eigenvalue weighted by molar-refractivity contribution is 5.91. The average Bonchev–Trinajstić information content (AvgIpc) is 2.90. The Morgan fingerprint density at radius 3 is 2.13 bits per heavy atom. The first-order chi connectivity index (χ1) is 20.8. The van der Waals surface area contributed by atoms with Crippen LogP contribution < -0.4 is 0 Å². The van der Waals surface area contributed by atoms with Crippen LogP contribution in [0.25, 0.3) is 0 Å². The molecule has 0 aromatic carbocycles. The van der Waals surface area contributed by atoms with Crippen LogP contribution in [0, 0.1) is 105 Å². The van der Waals surface area contributed by atoms with Gasteiger partial charge in [-0.2, -0.15) is 0 Å². The van der Waals surface area contributed by atoms with E-state index < -0.39 is 5.41 Å². The smallest absolute Gasteiger partial charge is 0.146 e. The lowest BCUT2D eigenvalue weighted by Crippen LogP contribution is -2.71. The van der Waals surface area contributed by atoms with Crippen molar-refractivity contribution in [3.05, 3.63) is 12.2 Å². The summed E-state index contributed by atoms with van der Waals surface area (Å²) in [6.45, 7) is 35.8. The van der Waals surface area contributed by atoms with Gasteiger partial charge in [0.15, 0.2) is 0 Å². The van der Waals surface area contributed by atoms with Crippen LogP contribution in [0.2, 0.25) is 0 Å². The van der Waals surface area contributed by atoms with Crippen LogP contribution in [0.4, 0.5) is 0 Å². The van der Waals surface area contributed by atoms with Gasteiger partial charge in [0, 0.05) is 11.3 Å². The predicted octanol–water partition coefficient (Wildman–Crippen LogP) is 11.1. The number of ketones is 1. The van der Waals surface area contributed by atoms with Gasteiger partial charge in [-0.1, -0.05) is 114 Å². The predicted molar refractivity (Wildman–Crippen MR) is 191 cm³/mol. The van der Waals surface area contributed by atoms with E-state index in [2.05, 4.69) is 96.6 Å². The molecule has 0 amide bonds. The zero-order valence-corrected chi connectivity index (χ0v) is 32.0. The number of rotatable bonds is 6. The Morgan fingerprint density at radius 1 is 0.933 bits per heavy atom. The second kappa shape index (κ2) is 12.4. The molecule has 16 unspecified atom stereocenters. The van der Waals surface area contributed by atoms with Crippen molar-refractivity contribution in [1.82, 2.24) is 0 Å². The lowest BCUT2D eigenvalue weighted by molar-refractivity contribution is -0.255. The van der Waals surface area contributed by atoms with Crippen molar-refractivity contribution in [2.24, 2.45) is 105 Å². The molecule has 0 aromatic heterocycles. The molecule has 5 aliphatic rings. The van der Waals surface area contributed by atoms with Crippen LogP contribution in [0.3, 0.4) is 0 Å². The van der Waals surface area contributed by atoms with E-state index in [4.69, 9.17) is 0 Å². The SMILES string of the molecule is C=C(C)C1C(=O)C2(C)C(C)C3C(O)C4C(C)C(C5CCCC(CC(C)C)C5)CC(C(C)C)C4CC3(C)CC2(C)C(C(C)C)C1C. The van der Waals surface area contributed by atoms with Crippen molar-refractivity contribution in [3.63, 3.8) is 0 Å². The second-order valence-electron chi connectivity index (χ2n) is 20.1. The highest BCUT2D eigenvalue weighted by Gasteiger charge is 2.73. The normalized spacial score (nSPS) is 52.0. The minimum atomic E-state index is -0.460. The molecule has 5 saturated carbocycles. The molecule has 1 N–H and O–H groups in total. The first-order valence-electron chi connectivity index (χ1n) is 19.7. The van der Waals surface area contributed by atoms with Crippen LogP contribution in [0.1, 0.15) is 141 Å². The van der Waals surface area contributed by atoms with E-state index in [9.17, 15) is 9.90 Å². The first-order valence-corrected chi connectivity index (χ1v) is 19.7. The van der Waals surface area contributed by atoms with E-state index in [1.54, 1.807) is 0 Å². The zero-order chi connectivity index (χ0) is 33.5. The van der Waals surface area contributed by atoms with Gasteiger partial charge in [0.2, 0.25) is 0 Å². The van der Waals surface area contributed by atoms with Crippen molar-refractivity contribution in [1.29, 1.82) is 0 Å². The lowest BCUT2D eigenvalue weighted by atomic mass is 9.31. The monoisotopic (exact) mass is 623 g/mol. The van der Waals surface area contributed by atoms with Gasteiger partial charge in [-0.15, -0.1) is 0 Å². The number of fused-ring (bicyclic) bond motifs is 3. The van der Waals surface area contributed by atoms with E-state index >= 15 is 0 Å². The van der Waals surface area contributed by atoms with Gasteiger partial charge >= 0.3 is 0 Å². The molecule has 0 radical (unpaired) electrons. The molecular weight excluding hydrogens is 548 g/mol. The van der Waals surface area contributed by atoms with E-state index in [1.807, 2.05) is 0 Å². The molecule has 0 heterocycles. The molecule has 0 spiro atoms. The van der Waals surface area contributed by atoms with Gasteiger partial charge < -0.3 is 5.11 Å². The molecule has 0 aliphatic heterocycles. The number of hydrogen-bond acceptors (Lipinski definition) is 2. The zero-order valence-electron chi connectivity index (χ0n) is 32.0. The van der Waals surface area contributed by atoms with Crippen molar-refractivity contribution < 1.29 is 9.90 Å². The molecule has 45 heavy (non-hydrogen) atoms. The second-order valence-corrected chi connectivity index (χ2v) is 20.1. The average molecular weight is 623 g/mol. The van der Waals surface area contributed by atoms with Crippen molar-refractivity contribution in [2.75, 3.05) is 0 Å². The Morgan fingerprint density at radius 2 is 1.58 bits per heavy atom. The maximum atomic E-state index is 14.9. The number of aliphatic hydroxyl groups excluding tert-OH is 1. The fraction of sp³-hybridized carbons (Fsp3) is 0.930. The van der Waals surface area contributed by atoms with Gasteiger partial charge in [0.25, 0.3) is 0 Å². The van der Waals surface area contributed by atoms with Gasteiger partial charge in [-0.25, -0.2) is 0 Å². The number of carbonyl (C=O) groups excluding carboxylic acids is 1. The third-order valence-electron chi connectivity index (χ3n) is 16.5. The Labute approximate surface area is 279 Å². The quantitative estimate of drug-likeness (QED) is 0.299. The van der Waals surface area contributed by atoms with E-state index in [-0.39, 0.29) is 34.7 Å². The summed E-state index contributed by atoms with van der Waals surface area (Å²) in [6, 6.07) is 0. The summed E-state index contributed by atoms with van der Waals surface area (Å²) >= 11 is 0. The molecule has 2 nitrogen and oxygen atoms in total. The number of allylic oxidation sites excluding steroid dienone is 1. The number of hydrogen-bond donors (Lipinski definition) is 1. The Bertz CT molecular complexity index is 1100. The largest absolute Gasteiger partial charge is 0.392 e. The molecule has 258 valence electrons. The van der Waals surface area contributed by atoms with Crippen molar-refractivity contribution in [2.45, 2.75) is 147 Å². The molecule has 2 heteroatoms.